The predicted octanol–water partition coefficient (Wildman–Crippen LogP) is 8.84. The fraction of sp³-hybridized carbons (Fsp3) is 0.710. The number of rotatable bonds is 18. The lowest BCUT2D eigenvalue weighted by Gasteiger charge is -2.29. The van der Waals surface area contributed by atoms with Crippen LogP contribution in [0.4, 0.5) is 8.78 Å². The second-order valence-corrected chi connectivity index (χ2v) is 10.4. The van der Waals surface area contributed by atoms with Crippen LogP contribution in [0.15, 0.2) is 24.8 Å². The Morgan fingerprint density at radius 3 is 2.25 bits per heavy atom. The molecule has 2 rings (SSSR count). The summed E-state index contributed by atoms with van der Waals surface area (Å²) in [6.45, 7) is 8.81. The number of ether oxygens (including phenoxy) is 2. The Labute approximate surface area is 218 Å². The minimum absolute atomic E-state index is 0.241. The third-order valence-corrected chi connectivity index (χ3v) is 7.53. The van der Waals surface area contributed by atoms with E-state index in [2.05, 4.69) is 13.5 Å². The predicted molar refractivity (Wildman–Crippen MR) is 143 cm³/mol. The smallest absolute Gasteiger partial charge is 0.330 e. The maximum absolute atomic E-state index is 14.4. The van der Waals surface area contributed by atoms with Crippen LogP contribution in [0.5, 0.6) is 0 Å². The molecular formula is C31H48F2O3. The molecule has 0 spiro atoms. The van der Waals surface area contributed by atoms with Crippen molar-refractivity contribution in [3.63, 3.8) is 0 Å². The summed E-state index contributed by atoms with van der Waals surface area (Å²) in [6, 6.07) is 3.17. The molecule has 5 heteroatoms. The summed E-state index contributed by atoms with van der Waals surface area (Å²) in [5.74, 6) is -0.0921. The Kier molecular flexibility index (Phi) is 15.0. The molecule has 0 radical (unpaired) electrons. The van der Waals surface area contributed by atoms with E-state index >= 15 is 0 Å². The molecule has 0 aromatic heterocycles. The van der Waals surface area contributed by atoms with Crippen molar-refractivity contribution in [1.82, 2.24) is 0 Å². The van der Waals surface area contributed by atoms with Crippen LogP contribution < -0.4 is 0 Å². The molecule has 0 amide bonds. The summed E-state index contributed by atoms with van der Waals surface area (Å²) in [5, 5.41) is 0. The van der Waals surface area contributed by atoms with Crippen molar-refractivity contribution in [3.05, 3.63) is 47.5 Å². The van der Waals surface area contributed by atoms with Crippen molar-refractivity contribution < 1.29 is 23.0 Å². The van der Waals surface area contributed by atoms with E-state index < -0.39 is 0 Å². The number of esters is 1. The van der Waals surface area contributed by atoms with Crippen LogP contribution in [0.3, 0.4) is 0 Å². The molecule has 0 bridgehead atoms. The summed E-state index contributed by atoms with van der Waals surface area (Å²) in [6.07, 6.45) is 16.9. The molecule has 1 saturated carbocycles. The van der Waals surface area contributed by atoms with Crippen molar-refractivity contribution >= 4 is 5.97 Å². The number of hydrogen-bond acceptors (Lipinski definition) is 3. The van der Waals surface area contributed by atoms with Crippen LogP contribution in [0.25, 0.3) is 0 Å². The average Bonchev–Trinajstić information content (AvgIpc) is 2.87. The molecule has 1 fully saturated rings. The number of carbonyl (C=O) groups excluding carboxylic acids is 1. The van der Waals surface area contributed by atoms with Gasteiger partial charge in [-0.3, -0.25) is 0 Å². The molecule has 1 aliphatic carbocycles. The lowest BCUT2D eigenvalue weighted by molar-refractivity contribution is -0.137. The number of hydrogen-bond donors (Lipinski definition) is 0. The highest BCUT2D eigenvalue weighted by molar-refractivity contribution is 5.81. The fourth-order valence-corrected chi connectivity index (χ4v) is 5.44. The molecule has 204 valence electrons. The summed E-state index contributed by atoms with van der Waals surface area (Å²) in [7, 11) is 0. The van der Waals surface area contributed by atoms with Gasteiger partial charge in [0.05, 0.1) is 12.7 Å². The third-order valence-electron chi connectivity index (χ3n) is 7.53. The van der Waals surface area contributed by atoms with E-state index in [-0.39, 0.29) is 29.1 Å². The van der Waals surface area contributed by atoms with Crippen molar-refractivity contribution in [2.24, 2.45) is 5.92 Å². The van der Waals surface area contributed by atoms with Crippen molar-refractivity contribution in [2.45, 2.75) is 122 Å². The van der Waals surface area contributed by atoms with Crippen molar-refractivity contribution in [3.8, 4) is 0 Å². The Morgan fingerprint density at radius 2 is 1.64 bits per heavy atom. The largest absolute Gasteiger partial charge is 0.463 e. The van der Waals surface area contributed by atoms with Gasteiger partial charge in [-0.15, -0.1) is 0 Å². The molecule has 0 N–H and O–H groups in total. The Bertz CT molecular complexity index is 748. The van der Waals surface area contributed by atoms with Gasteiger partial charge in [0.25, 0.3) is 0 Å². The summed E-state index contributed by atoms with van der Waals surface area (Å²) in [4.78, 5) is 11.0. The van der Waals surface area contributed by atoms with E-state index in [0.29, 0.717) is 25.0 Å². The van der Waals surface area contributed by atoms with Crippen LogP contribution in [0.1, 0.15) is 121 Å². The number of halogens is 2. The van der Waals surface area contributed by atoms with E-state index in [0.717, 1.165) is 89.2 Å². The molecule has 0 saturated heterocycles. The zero-order valence-electron chi connectivity index (χ0n) is 22.7. The van der Waals surface area contributed by atoms with E-state index in [1.807, 2.05) is 6.92 Å². The van der Waals surface area contributed by atoms with Gasteiger partial charge in [0.15, 0.2) is 0 Å². The Hall–Kier alpha value is -1.75. The summed E-state index contributed by atoms with van der Waals surface area (Å²) < 4.78 is 39.9. The van der Waals surface area contributed by atoms with Gasteiger partial charge in [-0.2, -0.15) is 0 Å². The maximum Gasteiger partial charge on any atom is 0.330 e. The molecule has 1 unspecified atom stereocenters. The van der Waals surface area contributed by atoms with Crippen LogP contribution in [-0.4, -0.2) is 25.3 Å². The molecular weight excluding hydrogens is 458 g/mol. The minimum atomic E-state index is -0.370. The minimum Gasteiger partial charge on any atom is -0.463 e. The number of carbonyl (C=O) groups is 1. The van der Waals surface area contributed by atoms with Crippen LogP contribution >= 0.6 is 0 Å². The van der Waals surface area contributed by atoms with Gasteiger partial charge in [0.1, 0.15) is 11.6 Å². The molecule has 1 atom stereocenters. The maximum atomic E-state index is 14.4. The van der Waals surface area contributed by atoms with Crippen molar-refractivity contribution in [2.75, 3.05) is 13.2 Å². The molecule has 1 aliphatic rings. The first kappa shape index (κ1) is 30.5. The molecule has 1 aromatic rings. The topological polar surface area (TPSA) is 35.5 Å². The molecule has 3 nitrogen and oxygen atoms in total. The first-order valence-corrected chi connectivity index (χ1v) is 14.4. The molecule has 36 heavy (non-hydrogen) atoms. The normalized spacial score (nSPS) is 18.7. The summed E-state index contributed by atoms with van der Waals surface area (Å²) >= 11 is 0. The second-order valence-electron chi connectivity index (χ2n) is 10.4. The third kappa shape index (κ3) is 11.1. The first-order chi connectivity index (χ1) is 17.5. The van der Waals surface area contributed by atoms with Gasteiger partial charge in [0, 0.05) is 18.2 Å². The van der Waals surface area contributed by atoms with Gasteiger partial charge in [-0.1, -0.05) is 52.5 Å². The highest BCUT2D eigenvalue weighted by atomic mass is 19.1. The number of unbranched alkanes of at least 4 members (excludes halogenated alkanes) is 3. The monoisotopic (exact) mass is 506 g/mol. The zero-order chi connectivity index (χ0) is 26.2. The number of benzene rings is 1. The second kappa shape index (κ2) is 17.7. The highest BCUT2D eigenvalue weighted by Crippen LogP contribution is 2.38. The van der Waals surface area contributed by atoms with E-state index in [9.17, 15) is 13.6 Å². The molecule has 0 aliphatic heterocycles. The first-order valence-electron chi connectivity index (χ1n) is 14.4. The van der Waals surface area contributed by atoms with E-state index in [1.54, 1.807) is 12.1 Å². The zero-order valence-corrected chi connectivity index (χ0v) is 22.7. The molecule has 0 heterocycles. The van der Waals surface area contributed by atoms with Crippen LogP contribution in [-0.2, 0) is 20.7 Å². The van der Waals surface area contributed by atoms with Crippen LogP contribution in [0, 0.1) is 17.6 Å². The quantitative estimate of drug-likeness (QED) is 0.113. The fourth-order valence-electron chi connectivity index (χ4n) is 5.44. The standard InChI is InChI=1S/C31H48F2O3/c1-4-12-27(35-20-9-7-8-10-21-36-31(34)6-3)15-11-14-24-16-18-25(19-17-24)26-22-29(32)28(13-5-2)30(33)23-26/h6,22-25,27H,3-5,7-21H2,1-2H3. The van der Waals surface area contributed by atoms with Gasteiger partial charge >= 0.3 is 5.97 Å². The highest BCUT2D eigenvalue weighted by Gasteiger charge is 2.24. The lowest BCUT2D eigenvalue weighted by atomic mass is 9.76. The summed E-state index contributed by atoms with van der Waals surface area (Å²) in [5.41, 5.74) is 1.09. The van der Waals surface area contributed by atoms with Gasteiger partial charge in [-0.25, -0.2) is 13.6 Å². The van der Waals surface area contributed by atoms with Gasteiger partial charge in [0.2, 0.25) is 0 Å². The van der Waals surface area contributed by atoms with E-state index in [4.69, 9.17) is 9.47 Å². The molecule has 1 aromatic carbocycles. The van der Waals surface area contributed by atoms with E-state index in [1.165, 1.54) is 18.9 Å². The SMILES string of the molecule is C=CC(=O)OCCCCCCOC(CCC)CCCC1CCC(c2cc(F)c(CCC)c(F)c2)CC1. The Balaban J connectivity index is 1.61. The van der Waals surface area contributed by atoms with Crippen LogP contribution in [0.2, 0.25) is 0 Å². The average molecular weight is 507 g/mol. The van der Waals surface area contributed by atoms with Gasteiger partial charge < -0.3 is 9.47 Å². The lowest BCUT2D eigenvalue weighted by Crippen LogP contribution is -2.17. The van der Waals surface area contributed by atoms with Gasteiger partial charge in [-0.05, 0) is 93.7 Å². The Morgan fingerprint density at radius 1 is 0.972 bits per heavy atom. The van der Waals surface area contributed by atoms with Crippen molar-refractivity contribution in [1.29, 1.82) is 0 Å².